The lowest BCUT2D eigenvalue weighted by molar-refractivity contribution is -0.142. The van der Waals surface area contributed by atoms with Gasteiger partial charge in [0.2, 0.25) is 0 Å². The Hall–Kier alpha value is -3.01. The molecule has 1 aromatic carbocycles. The van der Waals surface area contributed by atoms with Gasteiger partial charge >= 0.3 is 6.18 Å². The molecule has 0 spiro atoms. The minimum atomic E-state index is -4.76. The van der Waals surface area contributed by atoms with E-state index in [0.717, 1.165) is 25.3 Å². The first-order valence-electron chi connectivity index (χ1n) is 9.92. The number of piperidine rings is 1. The lowest BCUT2D eigenvalue weighted by Crippen LogP contribution is -2.36. The first kappa shape index (κ1) is 22.2. The standard InChI is InChI=1S/C21H20ClF3N4O3/c1-31-14-7-6-12(10-15(14)32-2)13-11-16(21(23,24)25)29-19(26-13)17(22)18(27-29)20(30)28-8-4-3-5-9-28/h6-7,10-11H,3-5,8-9H2,1-2H3. The van der Waals surface area contributed by atoms with Crippen LogP contribution in [0.25, 0.3) is 16.9 Å². The first-order chi connectivity index (χ1) is 15.2. The molecule has 1 saturated heterocycles. The number of hydrogen-bond donors (Lipinski definition) is 0. The maximum atomic E-state index is 13.9. The number of carbonyl (C=O) groups excluding carboxylic acids is 1. The number of benzene rings is 1. The number of hydrogen-bond acceptors (Lipinski definition) is 5. The molecular formula is C21H20ClF3N4O3. The van der Waals surface area contributed by atoms with Crippen molar-refractivity contribution in [3.8, 4) is 22.8 Å². The Labute approximate surface area is 186 Å². The first-order valence-corrected chi connectivity index (χ1v) is 10.3. The minimum Gasteiger partial charge on any atom is -0.493 e. The number of rotatable bonds is 4. The number of ether oxygens (including phenoxy) is 2. The smallest absolute Gasteiger partial charge is 0.433 e. The van der Waals surface area contributed by atoms with Crippen LogP contribution in [0.3, 0.4) is 0 Å². The van der Waals surface area contributed by atoms with Gasteiger partial charge in [0.05, 0.1) is 19.9 Å². The average Bonchev–Trinajstić information content (AvgIpc) is 3.13. The molecule has 0 saturated carbocycles. The lowest BCUT2D eigenvalue weighted by Gasteiger charge is -2.25. The number of aromatic nitrogens is 3. The second kappa shape index (κ2) is 8.50. The SMILES string of the molecule is COc1ccc(-c2cc(C(F)(F)F)n3nc(C(=O)N4CCCCC4)c(Cl)c3n2)cc1OC. The summed E-state index contributed by atoms with van der Waals surface area (Å²) < 4.78 is 52.7. The van der Waals surface area contributed by atoms with E-state index in [1.54, 1.807) is 17.0 Å². The third kappa shape index (κ3) is 3.94. The summed E-state index contributed by atoms with van der Waals surface area (Å²) in [6.07, 6.45) is -2.11. The summed E-state index contributed by atoms with van der Waals surface area (Å²) in [5.41, 5.74) is -1.21. The van der Waals surface area contributed by atoms with Crippen LogP contribution in [0.15, 0.2) is 24.3 Å². The van der Waals surface area contributed by atoms with Crippen molar-refractivity contribution in [3.63, 3.8) is 0 Å². The Bertz CT molecular complexity index is 1170. The molecule has 1 aliphatic heterocycles. The molecule has 0 aliphatic carbocycles. The molecule has 3 heterocycles. The third-order valence-corrected chi connectivity index (χ3v) is 5.70. The van der Waals surface area contributed by atoms with Gasteiger partial charge in [-0.15, -0.1) is 0 Å². The van der Waals surface area contributed by atoms with Gasteiger partial charge in [0.25, 0.3) is 5.91 Å². The number of amides is 1. The number of likely N-dealkylation sites (tertiary alicyclic amines) is 1. The highest BCUT2D eigenvalue weighted by Crippen LogP contribution is 2.37. The molecule has 0 radical (unpaired) electrons. The number of halogens is 4. The molecule has 4 rings (SSSR count). The second-order valence-electron chi connectivity index (χ2n) is 7.35. The summed E-state index contributed by atoms with van der Waals surface area (Å²) in [6.45, 7) is 1.03. The quantitative estimate of drug-likeness (QED) is 0.554. The van der Waals surface area contributed by atoms with Gasteiger partial charge in [-0.3, -0.25) is 4.79 Å². The van der Waals surface area contributed by atoms with Crippen molar-refractivity contribution in [2.75, 3.05) is 27.3 Å². The summed E-state index contributed by atoms with van der Waals surface area (Å²) in [5, 5.41) is 3.70. The van der Waals surface area contributed by atoms with Crippen molar-refractivity contribution in [1.29, 1.82) is 0 Å². The van der Waals surface area contributed by atoms with Crippen LogP contribution in [0.5, 0.6) is 11.5 Å². The van der Waals surface area contributed by atoms with Crippen LogP contribution in [0.1, 0.15) is 35.4 Å². The normalized spacial score (nSPS) is 14.6. The summed E-state index contributed by atoms with van der Waals surface area (Å²) in [5.74, 6) is 0.256. The summed E-state index contributed by atoms with van der Waals surface area (Å²) in [4.78, 5) is 18.7. The number of methoxy groups -OCH3 is 2. The molecule has 0 bridgehead atoms. The van der Waals surface area contributed by atoms with Crippen molar-refractivity contribution < 1.29 is 27.4 Å². The van der Waals surface area contributed by atoms with Crippen LogP contribution in [-0.2, 0) is 6.18 Å². The van der Waals surface area contributed by atoms with E-state index < -0.39 is 17.8 Å². The van der Waals surface area contributed by atoms with Crippen LogP contribution in [0, 0.1) is 0 Å². The van der Waals surface area contributed by atoms with Crippen molar-refractivity contribution in [2.45, 2.75) is 25.4 Å². The van der Waals surface area contributed by atoms with Gasteiger partial charge in [-0.1, -0.05) is 11.6 Å². The number of fused-ring (bicyclic) bond motifs is 1. The zero-order valence-corrected chi connectivity index (χ0v) is 18.1. The average molecular weight is 469 g/mol. The second-order valence-corrected chi connectivity index (χ2v) is 7.72. The minimum absolute atomic E-state index is 0.00421. The Balaban J connectivity index is 1.88. The van der Waals surface area contributed by atoms with Crippen molar-refractivity contribution in [1.82, 2.24) is 19.5 Å². The van der Waals surface area contributed by atoms with Gasteiger partial charge in [0.15, 0.2) is 28.5 Å². The molecule has 3 aromatic rings. The van der Waals surface area contributed by atoms with E-state index in [2.05, 4.69) is 10.1 Å². The highest BCUT2D eigenvalue weighted by atomic mass is 35.5. The van der Waals surface area contributed by atoms with E-state index in [4.69, 9.17) is 21.1 Å². The maximum Gasteiger partial charge on any atom is 0.433 e. The Morgan fingerprint density at radius 3 is 2.38 bits per heavy atom. The fourth-order valence-electron chi connectivity index (χ4n) is 3.72. The number of alkyl halides is 3. The van der Waals surface area contributed by atoms with Gasteiger partial charge in [0.1, 0.15) is 5.02 Å². The largest absolute Gasteiger partial charge is 0.493 e. The third-order valence-electron chi connectivity index (χ3n) is 5.35. The van der Waals surface area contributed by atoms with E-state index in [1.165, 1.54) is 20.3 Å². The van der Waals surface area contributed by atoms with E-state index in [-0.39, 0.29) is 22.1 Å². The van der Waals surface area contributed by atoms with Crippen LogP contribution in [-0.4, -0.2) is 52.7 Å². The zero-order chi connectivity index (χ0) is 23.0. The molecule has 11 heteroatoms. The van der Waals surface area contributed by atoms with E-state index >= 15 is 0 Å². The monoisotopic (exact) mass is 468 g/mol. The Kier molecular flexibility index (Phi) is 5.89. The fourth-order valence-corrected chi connectivity index (χ4v) is 3.96. The molecule has 2 aromatic heterocycles. The Morgan fingerprint density at radius 2 is 1.75 bits per heavy atom. The molecule has 1 fully saturated rings. The summed E-state index contributed by atoms with van der Waals surface area (Å²) in [7, 11) is 2.88. The van der Waals surface area contributed by atoms with Crippen molar-refractivity contribution in [2.24, 2.45) is 0 Å². The molecule has 1 amide bonds. The Morgan fingerprint density at radius 1 is 1.06 bits per heavy atom. The molecule has 0 atom stereocenters. The van der Waals surface area contributed by atoms with Gasteiger partial charge < -0.3 is 14.4 Å². The predicted octanol–water partition coefficient (Wildman–Crippen LogP) is 4.71. The molecule has 32 heavy (non-hydrogen) atoms. The maximum absolute atomic E-state index is 13.9. The number of carbonyl (C=O) groups is 1. The summed E-state index contributed by atoms with van der Waals surface area (Å²) in [6, 6.07) is 5.51. The topological polar surface area (TPSA) is 69.0 Å². The van der Waals surface area contributed by atoms with E-state index in [1.807, 2.05) is 0 Å². The lowest BCUT2D eigenvalue weighted by atomic mass is 10.1. The van der Waals surface area contributed by atoms with Gasteiger partial charge in [0, 0.05) is 18.7 Å². The summed E-state index contributed by atoms with van der Waals surface area (Å²) >= 11 is 6.35. The molecule has 0 unspecified atom stereocenters. The van der Waals surface area contributed by atoms with Gasteiger partial charge in [-0.05, 0) is 43.5 Å². The van der Waals surface area contributed by atoms with Gasteiger partial charge in [-0.2, -0.15) is 18.3 Å². The highest BCUT2D eigenvalue weighted by molar-refractivity contribution is 6.36. The molecule has 0 N–H and O–H groups in total. The predicted molar refractivity (Wildman–Crippen MR) is 111 cm³/mol. The molecular weight excluding hydrogens is 449 g/mol. The van der Waals surface area contributed by atoms with Gasteiger partial charge in [-0.25, -0.2) is 9.50 Å². The highest BCUT2D eigenvalue weighted by Gasteiger charge is 2.37. The van der Waals surface area contributed by atoms with Crippen LogP contribution in [0.2, 0.25) is 5.02 Å². The van der Waals surface area contributed by atoms with Crippen LogP contribution in [0.4, 0.5) is 13.2 Å². The zero-order valence-electron chi connectivity index (χ0n) is 17.4. The molecule has 1 aliphatic rings. The number of nitrogens with zero attached hydrogens (tertiary/aromatic N) is 4. The fraction of sp³-hybridized carbons (Fsp3) is 0.381. The van der Waals surface area contributed by atoms with E-state index in [9.17, 15) is 18.0 Å². The molecule has 7 nitrogen and oxygen atoms in total. The molecule has 170 valence electrons. The van der Waals surface area contributed by atoms with Crippen molar-refractivity contribution >= 4 is 23.2 Å². The van der Waals surface area contributed by atoms with Crippen molar-refractivity contribution in [3.05, 3.63) is 40.7 Å². The van der Waals surface area contributed by atoms with E-state index in [0.29, 0.717) is 34.7 Å². The van der Waals surface area contributed by atoms with Crippen LogP contribution < -0.4 is 9.47 Å². The van der Waals surface area contributed by atoms with Crippen LogP contribution >= 0.6 is 11.6 Å².